The van der Waals surface area contributed by atoms with E-state index in [0.29, 0.717) is 0 Å². The third-order valence-electron chi connectivity index (χ3n) is 3.86. The summed E-state index contributed by atoms with van der Waals surface area (Å²) in [4.78, 5) is 0. The second-order valence-corrected chi connectivity index (χ2v) is 4.74. The molecule has 3 nitrogen and oxygen atoms in total. The topological polar surface area (TPSA) is 38.7 Å². The molecule has 18 heavy (non-hydrogen) atoms. The van der Waals surface area contributed by atoms with Crippen molar-refractivity contribution in [3.05, 3.63) is 29.6 Å². The SMILES string of the molecule is COc1cccc(C(O)C2(OC)CCCC2)c1F. The Labute approximate surface area is 107 Å². The summed E-state index contributed by atoms with van der Waals surface area (Å²) in [5, 5.41) is 10.5. The summed E-state index contributed by atoms with van der Waals surface area (Å²) in [6.07, 6.45) is 2.54. The smallest absolute Gasteiger partial charge is 0.170 e. The van der Waals surface area contributed by atoms with Crippen LogP contribution >= 0.6 is 0 Å². The third kappa shape index (κ3) is 2.10. The number of aliphatic hydroxyl groups is 1. The average molecular weight is 254 g/mol. The van der Waals surface area contributed by atoms with E-state index in [1.165, 1.54) is 7.11 Å². The molecule has 1 aliphatic carbocycles. The quantitative estimate of drug-likeness (QED) is 0.898. The summed E-state index contributed by atoms with van der Waals surface area (Å²) in [6, 6.07) is 4.81. The standard InChI is InChI=1S/C14H19FO3/c1-17-11-7-5-6-10(12(11)15)13(16)14(18-2)8-3-4-9-14/h5-7,13,16H,3-4,8-9H2,1-2H3. The maximum Gasteiger partial charge on any atom is 0.170 e. The molecular formula is C14H19FO3. The summed E-state index contributed by atoms with van der Waals surface area (Å²) in [5.41, 5.74) is -0.411. The fourth-order valence-electron chi connectivity index (χ4n) is 2.74. The van der Waals surface area contributed by atoms with E-state index < -0.39 is 17.5 Å². The summed E-state index contributed by atoms with van der Waals surface area (Å²) < 4.78 is 24.6. The van der Waals surface area contributed by atoms with E-state index in [1.54, 1.807) is 25.3 Å². The summed E-state index contributed by atoms with van der Waals surface area (Å²) in [5.74, 6) is -0.355. The number of methoxy groups -OCH3 is 2. The zero-order valence-corrected chi connectivity index (χ0v) is 10.8. The lowest BCUT2D eigenvalue weighted by atomic mass is 9.89. The van der Waals surface area contributed by atoms with Crippen molar-refractivity contribution in [2.75, 3.05) is 14.2 Å². The van der Waals surface area contributed by atoms with Crippen molar-refractivity contribution in [1.29, 1.82) is 0 Å². The molecule has 1 saturated carbocycles. The lowest BCUT2D eigenvalue weighted by molar-refractivity contribution is -0.101. The van der Waals surface area contributed by atoms with Crippen LogP contribution in [0.3, 0.4) is 0 Å². The number of ether oxygens (including phenoxy) is 2. The van der Waals surface area contributed by atoms with Crippen LogP contribution in [0.25, 0.3) is 0 Å². The first-order valence-corrected chi connectivity index (χ1v) is 6.20. The van der Waals surface area contributed by atoms with E-state index in [4.69, 9.17) is 9.47 Å². The van der Waals surface area contributed by atoms with Gasteiger partial charge in [-0.3, -0.25) is 0 Å². The van der Waals surface area contributed by atoms with E-state index in [0.717, 1.165) is 25.7 Å². The van der Waals surface area contributed by atoms with Gasteiger partial charge in [-0.2, -0.15) is 0 Å². The minimum Gasteiger partial charge on any atom is -0.494 e. The molecule has 1 atom stereocenters. The maximum atomic E-state index is 14.1. The van der Waals surface area contributed by atoms with Gasteiger partial charge in [-0.05, 0) is 18.9 Å². The molecule has 1 N–H and O–H groups in total. The fraction of sp³-hybridized carbons (Fsp3) is 0.571. The van der Waals surface area contributed by atoms with Crippen LogP contribution in [0, 0.1) is 5.82 Å². The zero-order valence-electron chi connectivity index (χ0n) is 10.8. The van der Waals surface area contributed by atoms with Crippen molar-refractivity contribution in [3.63, 3.8) is 0 Å². The molecular weight excluding hydrogens is 235 g/mol. The van der Waals surface area contributed by atoms with Gasteiger partial charge in [-0.1, -0.05) is 25.0 Å². The number of hydrogen-bond donors (Lipinski definition) is 1. The van der Waals surface area contributed by atoms with E-state index in [1.807, 2.05) is 0 Å². The molecule has 0 radical (unpaired) electrons. The molecule has 0 aliphatic heterocycles. The number of rotatable bonds is 4. The third-order valence-corrected chi connectivity index (χ3v) is 3.86. The predicted molar refractivity (Wildman–Crippen MR) is 66.1 cm³/mol. The Balaban J connectivity index is 2.36. The van der Waals surface area contributed by atoms with Gasteiger partial charge in [0, 0.05) is 12.7 Å². The molecule has 1 unspecified atom stereocenters. The summed E-state index contributed by atoms with van der Waals surface area (Å²) in [7, 11) is 2.99. The Bertz CT molecular complexity index is 414. The summed E-state index contributed by atoms with van der Waals surface area (Å²) >= 11 is 0. The number of hydrogen-bond acceptors (Lipinski definition) is 3. The van der Waals surface area contributed by atoms with Crippen molar-refractivity contribution in [3.8, 4) is 5.75 Å². The van der Waals surface area contributed by atoms with Gasteiger partial charge in [-0.25, -0.2) is 4.39 Å². The first kappa shape index (κ1) is 13.3. The molecule has 0 amide bonds. The van der Waals surface area contributed by atoms with Crippen LogP contribution in [0.1, 0.15) is 37.4 Å². The largest absolute Gasteiger partial charge is 0.494 e. The van der Waals surface area contributed by atoms with Gasteiger partial charge in [0.05, 0.1) is 12.7 Å². The van der Waals surface area contributed by atoms with Gasteiger partial charge >= 0.3 is 0 Å². The van der Waals surface area contributed by atoms with E-state index in [9.17, 15) is 9.50 Å². The van der Waals surface area contributed by atoms with Crippen LogP contribution in [0.4, 0.5) is 4.39 Å². The van der Waals surface area contributed by atoms with E-state index in [-0.39, 0.29) is 11.3 Å². The van der Waals surface area contributed by atoms with Crippen LogP contribution in [0.5, 0.6) is 5.75 Å². The van der Waals surface area contributed by atoms with Crippen LogP contribution < -0.4 is 4.74 Å². The Kier molecular flexibility index (Phi) is 3.88. The van der Waals surface area contributed by atoms with E-state index in [2.05, 4.69) is 0 Å². The normalized spacial score (nSPS) is 19.8. The highest BCUT2D eigenvalue weighted by Gasteiger charge is 2.42. The molecule has 4 heteroatoms. The first-order chi connectivity index (χ1) is 8.64. The van der Waals surface area contributed by atoms with Crippen molar-refractivity contribution in [2.45, 2.75) is 37.4 Å². The van der Waals surface area contributed by atoms with Gasteiger partial charge in [0.25, 0.3) is 0 Å². The van der Waals surface area contributed by atoms with Gasteiger partial charge in [0.1, 0.15) is 6.10 Å². The molecule has 100 valence electrons. The van der Waals surface area contributed by atoms with Gasteiger partial charge < -0.3 is 14.6 Å². The summed E-state index contributed by atoms with van der Waals surface area (Å²) in [6.45, 7) is 0. The molecule has 1 fully saturated rings. The second-order valence-electron chi connectivity index (χ2n) is 4.74. The van der Waals surface area contributed by atoms with Crippen LogP contribution in [0.15, 0.2) is 18.2 Å². The molecule has 1 aromatic rings. The number of benzene rings is 1. The van der Waals surface area contributed by atoms with Crippen LogP contribution in [-0.4, -0.2) is 24.9 Å². The average Bonchev–Trinajstić information content (AvgIpc) is 2.88. The van der Waals surface area contributed by atoms with Crippen molar-refractivity contribution < 1.29 is 19.0 Å². The van der Waals surface area contributed by atoms with Gasteiger partial charge in [0.15, 0.2) is 11.6 Å². The van der Waals surface area contributed by atoms with Gasteiger partial charge in [0.2, 0.25) is 0 Å². The lowest BCUT2D eigenvalue weighted by Crippen LogP contribution is -2.36. The Morgan fingerprint density at radius 3 is 2.50 bits per heavy atom. The Morgan fingerprint density at radius 1 is 1.28 bits per heavy atom. The van der Waals surface area contributed by atoms with E-state index >= 15 is 0 Å². The highest BCUT2D eigenvalue weighted by Crippen LogP contribution is 2.43. The predicted octanol–water partition coefficient (Wildman–Crippen LogP) is 2.83. The second kappa shape index (κ2) is 5.24. The first-order valence-electron chi connectivity index (χ1n) is 6.20. The molecule has 0 aromatic heterocycles. The molecule has 0 spiro atoms. The zero-order chi connectivity index (χ0) is 13.2. The minimum absolute atomic E-state index is 0.149. The number of halogens is 1. The molecule has 0 bridgehead atoms. The molecule has 2 rings (SSSR count). The molecule has 1 aliphatic rings. The Hall–Kier alpha value is -1.13. The highest BCUT2D eigenvalue weighted by molar-refractivity contribution is 5.33. The fourth-order valence-corrected chi connectivity index (χ4v) is 2.74. The molecule has 1 aromatic carbocycles. The molecule has 0 saturated heterocycles. The van der Waals surface area contributed by atoms with Crippen molar-refractivity contribution in [2.24, 2.45) is 0 Å². The molecule has 0 heterocycles. The minimum atomic E-state index is -0.958. The Morgan fingerprint density at radius 2 is 1.94 bits per heavy atom. The lowest BCUT2D eigenvalue weighted by Gasteiger charge is -2.33. The monoisotopic (exact) mass is 254 g/mol. The van der Waals surface area contributed by atoms with Crippen LogP contribution in [0.2, 0.25) is 0 Å². The maximum absolute atomic E-state index is 14.1. The van der Waals surface area contributed by atoms with Gasteiger partial charge in [-0.15, -0.1) is 0 Å². The van der Waals surface area contributed by atoms with Crippen LogP contribution in [-0.2, 0) is 4.74 Å². The van der Waals surface area contributed by atoms with Crippen molar-refractivity contribution in [1.82, 2.24) is 0 Å². The number of aliphatic hydroxyl groups excluding tert-OH is 1. The highest BCUT2D eigenvalue weighted by atomic mass is 19.1. The van der Waals surface area contributed by atoms with Crippen molar-refractivity contribution >= 4 is 0 Å².